The summed E-state index contributed by atoms with van der Waals surface area (Å²) in [6, 6.07) is 3.71. The van der Waals surface area contributed by atoms with E-state index in [4.69, 9.17) is 17.3 Å². The molecule has 1 saturated carbocycles. The van der Waals surface area contributed by atoms with Gasteiger partial charge >= 0.3 is 0 Å². The zero-order chi connectivity index (χ0) is 11.8. The van der Waals surface area contributed by atoms with E-state index < -0.39 is 0 Å². The minimum atomic E-state index is 0.0975. The summed E-state index contributed by atoms with van der Waals surface area (Å²) in [6.45, 7) is 3.04. The third kappa shape index (κ3) is 2.25. The van der Waals surface area contributed by atoms with Gasteiger partial charge in [-0.1, -0.05) is 11.6 Å². The summed E-state index contributed by atoms with van der Waals surface area (Å²) in [4.78, 5) is 0. The summed E-state index contributed by atoms with van der Waals surface area (Å²) in [5.74, 6) is 0. The second kappa shape index (κ2) is 4.15. The van der Waals surface area contributed by atoms with Crippen LogP contribution >= 0.6 is 11.6 Å². The third-order valence-corrected chi connectivity index (χ3v) is 3.62. The number of rotatable bonds is 4. The Hall–Kier alpha value is -0.930. The number of hydrogen-bond acceptors (Lipinski definition) is 3. The smallest absolute Gasteiger partial charge is 0.0656 e. The molecule has 1 aromatic rings. The Labute approximate surface area is 101 Å². The largest absolute Gasteiger partial charge is 0.398 e. The average molecular weight is 241 g/mol. The quantitative estimate of drug-likeness (QED) is 0.709. The van der Waals surface area contributed by atoms with Gasteiger partial charge in [0.1, 0.15) is 0 Å². The van der Waals surface area contributed by atoms with Crippen LogP contribution in [0.1, 0.15) is 18.4 Å². The van der Waals surface area contributed by atoms with Crippen molar-refractivity contribution in [1.82, 2.24) is 0 Å². The first-order valence-electron chi connectivity index (χ1n) is 5.47. The lowest BCUT2D eigenvalue weighted by molar-refractivity contribution is 0.220. The number of hydrogen-bond donors (Lipinski definition) is 3. The Morgan fingerprint density at radius 2 is 2.19 bits per heavy atom. The van der Waals surface area contributed by atoms with Crippen molar-refractivity contribution < 1.29 is 5.11 Å². The van der Waals surface area contributed by atoms with E-state index in [0.717, 1.165) is 30.6 Å². The molecule has 0 radical (unpaired) electrons. The van der Waals surface area contributed by atoms with Crippen LogP contribution in [0.15, 0.2) is 12.1 Å². The van der Waals surface area contributed by atoms with E-state index in [9.17, 15) is 5.11 Å². The maximum Gasteiger partial charge on any atom is 0.0656 e. The summed E-state index contributed by atoms with van der Waals surface area (Å²) in [5, 5.41) is 13.1. The van der Waals surface area contributed by atoms with E-state index in [1.165, 1.54) is 0 Å². The van der Waals surface area contributed by atoms with Gasteiger partial charge in [0.2, 0.25) is 0 Å². The summed E-state index contributed by atoms with van der Waals surface area (Å²) in [7, 11) is 0. The lowest BCUT2D eigenvalue weighted by atomic mass is 10.1. The molecule has 3 nitrogen and oxygen atoms in total. The number of benzene rings is 1. The fourth-order valence-electron chi connectivity index (χ4n) is 1.74. The number of nitrogen functional groups attached to an aromatic ring is 1. The molecule has 4 N–H and O–H groups in total. The normalized spacial score (nSPS) is 17.2. The van der Waals surface area contributed by atoms with Crippen LogP contribution in [0.2, 0.25) is 5.02 Å². The van der Waals surface area contributed by atoms with Crippen molar-refractivity contribution in [2.45, 2.75) is 19.8 Å². The molecule has 2 rings (SSSR count). The zero-order valence-corrected chi connectivity index (χ0v) is 10.1. The van der Waals surface area contributed by atoms with E-state index in [-0.39, 0.29) is 12.0 Å². The zero-order valence-electron chi connectivity index (χ0n) is 9.39. The van der Waals surface area contributed by atoms with Crippen molar-refractivity contribution in [2.75, 3.05) is 24.2 Å². The monoisotopic (exact) mass is 240 g/mol. The van der Waals surface area contributed by atoms with Gasteiger partial charge in [-0.2, -0.15) is 0 Å². The molecule has 0 aliphatic heterocycles. The molecule has 1 fully saturated rings. The van der Waals surface area contributed by atoms with Crippen molar-refractivity contribution in [3.8, 4) is 0 Å². The lowest BCUT2D eigenvalue weighted by Gasteiger charge is -2.16. The maximum absolute atomic E-state index is 9.22. The Kier molecular flexibility index (Phi) is 3.00. The predicted molar refractivity (Wildman–Crippen MR) is 67.8 cm³/mol. The van der Waals surface area contributed by atoms with Gasteiger partial charge in [0.25, 0.3) is 0 Å². The molecule has 0 spiro atoms. The third-order valence-electron chi connectivity index (χ3n) is 3.29. The van der Waals surface area contributed by atoms with Crippen molar-refractivity contribution in [2.24, 2.45) is 5.41 Å². The predicted octanol–water partition coefficient (Wildman–Crippen LogP) is 2.42. The molecule has 0 unspecified atom stereocenters. The van der Waals surface area contributed by atoms with Gasteiger partial charge in [0, 0.05) is 17.6 Å². The number of aliphatic hydroxyl groups excluding tert-OH is 1. The number of anilines is 2. The van der Waals surface area contributed by atoms with Gasteiger partial charge in [0.15, 0.2) is 0 Å². The SMILES string of the molecule is Cc1cc(N)c(Cl)cc1NCC1(CO)CC1. The topological polar surface area (TPSA) is 58.3 Å². The molecule has 4 heteroatoms. The Bertz CT molecular complexity index is 402. The highest BCUT2D eigenvalue weighted by molar-refractivity contribution is 6.33. The van der Waals surface area contributed by atoms with Crippen LogP contribution < -0.4 is 11.1 Å². The summed E-state index contributed by atoms with van der Waals surface area (Å²) < 4.78 is 0. The van der Waals surface area contributed by atoms with Gasteiger partial charge < -0.3 is 16.2 Å². The standard InChI is InChI=1S/C12H17ClN2O/c1-8-4-10(14)9(13)5-11(8)15-6-12(7-16)2-3-12/h4-5,15-16H,2-3,6-7,14H2,1H3. The first kappa shape index (κ1) is 11.6. The van der Waals surface area contributed by atoms with Crippen molar-refractivity contribution in [3.05, 3.63) is 22.7 Å². The Morgan fingerprint density at radius 3 is 2.75 bits per heavy atom. The van der Waals surface area contributed by atoms with E-state index in [2.05, 4.69) is 5.32 Å². The Balaban J connectivity index is 2.07. The molecule has 0 aromatic heterocycles. The minimum absolute atomic E-state index is 0.0975. The summed E-state index contributed by atoms with van der Waals surface area (Å²) in [6.07, 6.45) is 2.19. The molecular weight excluding hydrogens is 224 g/mol. The summed E-state index contributed by atoms with van der Waals surface area (Å²) >= 11 is 5.97. The molecule has 1 aliphatic rings. The van der Waals surface area contributed by atoms with Crippen LogP contribution in [0.4, 0.5) is 11.4 Å². The van der Waals surface area contributed by atoms with Gasteiger partial charge in [-0.3, -0.25) is 0 Å². The fraction of sp³-hybridized carbons (Fsp3) is 0.500. The molecule has 0 bridgehead atoms. The van der Waals surface area contributed by atoms with Crippen LogP contribution in [0.3, 0.4) is 0 Å². The molecule has 0 amide bonds. The van der Waals surface area contributed by atoms with Crippen LogP contribution in [0, 0.1) is 12.3 Å². The molecular formula is C12H17ClN2O. The van der Waals surface area contributed by atoms with Crippen molar-refractivity contribution in [3.63, 3.8) is 0 Å². The number of nitrogens with one attached hydrogen (secondary N) is 1. The van der Waals surface area contributed by atoms with Gasteiger partial charge in [-0.05, 0) is 37.5 Å². The van der Waals surface area contributed by atoms with E-state index in [0.29, 0.717) is 10.7 Å². The maximum atomic E-state index is 9.22. The molecule has 1 aliphatic carbocycles. The van der Waals surface area contributed by atoms with E-state index >= 15 is 0 Å². The van der Waals surface area contributed by atoms with Crippen LogP contribution in [0.25, 0.3) is 0 Å². The molecule has 88 valence electrons. The average Bonchev–Trinajstić information content (AvgIpc) is 3.02. The fourth-order valence-corrected chi connectivity index (χ4v) is 1.91. The molecule has 0 atom stereocenters. The minimum Gasteiger partial charge on any atom is -0.398 e. The second-order valence-corrected chi connectivity index (χ2v) is 5.11. The van der Waals surface area contributed by atoms with Crippen LogP contribution in [-0.4, -0.2) is 18.3 Å². The molecule has 0 saturated heterocycles. The number of nitrogens with two attached hydrogens (primary N) is 1. The van der Waals surface area contributed by atoms with Gasteiger partial charge in [-0.15, -0.1) is 0 Å². The van der Waals surface area contributed by atoms with Crippen LogP contribution in [0.5, 0.6) is 0 Å². The van der Waals surface area contributed by atoms with Crippen molar-refractivity contribution in [1.29, 1.82) is 0 Å². The highest BCUT2D eigenvalue weighted by Gasteiger charge is 2.41. The first-order chi connectivity index (χ1) is 7.56. The summed E-state index contributed by atoms with van der Waals surface area (Å²) in [5.41, 5.74) is 8.49. The number of aliphatic hydroxyl groups is 1. The van der Waals surface area contributed by atoms with Gasteiger partial charge in [-0.25, -0.2) is 0 Å². The molecule has 1 aromatic carbocycles. The number of halogens is 1. The molecule has 0 heterocycles. The highest BCUT2D eigenvalue weighted by atomic mass is 35.5. The highest BCUT2D eigenvalue weighted by Crippen LogP contribution is 2.45. The van der Waals surface area contributed by atoms with Crippen LogP contribution in [-0.2, 0) is 0 Å². The number of aryl methyl sites for hydroxylation is 1. The second-order valence-electron chi connectivity index (χ2n) is 4.70. The van der Waals surface area contributed by atoms with Gasteiger partial charge in [0.05, 0.1) is 17.3 Å². The lowest BCUT2D eigenvalue weighted by Crippen LogP contribution is -2.19. The van der Waals surface area contributed by atoms with Crippen molar-refractivity contribution >= 4 is 23.0 Å². The van der Waals surface area contributed by atoms with E-state index in [1.807, 2.05) is 19.1 Å². The Morgan fingerprint density at radius 1 is 1.50 bits per heavy atom. The van der Waals surface area contributed by atoms with E-state index in [1.54, 1.807) is 0 Å². The first-order valence-corrected chi connectivity index (χ1v) is 5.84. The molecule has 16 heavy (non-hydrogen) atoms.